The lowest BCUT2D eigenvalue weighted by Crippen LogP contribution is -2.44. The Morgan fingerprint density at radius 3 is 2.00 bits per heavy atom. The van der Waals surface area contributed by atoms with Crippen LogP contribution in [0.3, 0.4) is 0 Å². The second kappa shape index (κ2) is 8.18. The van der Waals surface area contributed by atoms with Crippen LogP contribution in [0.2, 0.25) is 0 Å². The van der Waals surface area contributed by atoms with Gasteiger partial charge in [0.15, 0.2) is 0 Å². The van der Waals surface area contributed by atoms with Crippen molar-refractivity contribution in [3.05, 3.63) is 35.9 Å². The maximum Gasteiger partial charge on any atom is 0.408 e. The van der Waals surface area contributed by atoms with Crippen LogP contribution in [-0.2, 0) is 30.4 Å². The van der Waals surface area contributed by atoms with Crippen molar-refractivity contribution in [3.8, 4) is 0 Å². The maximum atomic E-state index is 11.6. The maximum absolute atomic E-state index is 11.6. The van der Waals surface area contributed by atoms with Gasteiger partial charge < -0.3 is 25.3 Å². The van der Waals surface area contributed by atoms with Gasteiger partial charge in [-0.1, -0.05) is 30.3 Å². The van der Waals surface area contributed by atoms with Gasteiger partial charge in [-0.15, -0.1) is 0 Å². The van der Waals surface area contributed by atoms with E-state index < -0.39 is 23.1 Å². The number of rotatable bonds is 5. The van der Waals surface area contributed by atoms with Crippen LogP contribution in [0.5, 0.6) is 0 Å². The van der Waals surface area contributed by atoms with Crippen LogP contribution in [0.25, 0.3) is 0 Å². The highest BCUT2D eigenvalue weighted by atomic mass is 16.6. The highest BCUT2D eigenvalue weighted by Gasteiger charge is 2.53. The van der Waals surface area contributed by atoms with Crippen molar-refractivity contribution in [2.45, 2.75) is 43.4 Å². The van der Waals surface area contributed by atoms with Gasteiger partial charge in [-0.05, 0) is 31.2 Å². The minimum Gasteiger partial charge on any atom is -0.468 e. The molecule has 2 aliphatic carbocycles. The summed E-state index contributed by atoms with van der Waals surface area (Å²) in [6, 6.07) is 9.35. The minimum atomic E-state index is -0.859. The van der Waals surface area contributed by atoms with Crippen LogP contribution in [0.1, 0.15) is 31.2 Å². The molecule has 8 nitrogen and oxygen atoms in total. The van der Waals surface area contributed by atoms with Gasteiger partial charge in [0, 0.05) is 0 Å². The molecule has 0 aromatic heterocycles. The quantitative estimate of drug-likeness (QED) is 0.597. The van der Waals surface area contributed by atoms with E-state index in [1.54, 1.807) is 0 Å². The molecule has 0 radical (unpaired) electrons. The molecule has 3 N–H and O–H groups in total. The predicted octanol–water partition coefficient (Wildman–Crippen LogP) is 1.27. The second-order valence-corrected chi connectivity index (χ2v) is 6.41. The summed E-state index contributed by atoms with van der Waals surface area (Å²) in [4.78, 5) is 33.5. The number of methoxy groups -OCH3 is 2. The van der Waals surface area contributed by atoms with Crippen LogP contribution in [0, 0.1) is 0 Å². The number of carbonyl (C=O) groups excluding carboxylic acids is 3. The molecule has 0 atom stereocenters. The summed E-state index contributed by atoms with van der Waals surface area (Å²) in [5, 5.41) is 2.55. The second-order valence-electron chi connectivity index (χ2n) is 6.41. The molecular weight excluding hydrogens is 340 g/mol. The summed E-state index contributed by atoms with van der Waals surface area (Å²) in [5.41, 5.74) is 4.86. The van der Waals surface area contributed by atoms with Crippen molar-refractivity contribution < 1.29 is 28.6 Å². The molecule has 142 valence electrons. The lowest BCUT2D eigenvalue weighted by atomic mass is 10.2. The van der Waals surface area contributed by atoms with Crippen molar-refractivity contribution >= 4 is 18.0 Å². The largest absolute Gasteiger partial charge is 0.468 e. The molecule has 8 heteroatoms. The molecule has 2 fully saturated rings. The van der Waals surface area contributed by atoms with Gasteiger partial charge >= 0.3 is 18.0 Å². The number of amides is 1. The van der Waals surface area contributed by atoms with E-state index in [0.717, 1.165) is 18.4 Å². The zero-order valence-corrected chi connectivity index (χ0v) is 14.9. The van der Waals surface area contributed by atoms with Gasteiger partial charge in [0.1, 0.15) is 17.7 Å². The average molecular weight is 364 g/mol. The Kier molecular flexibility index (Phi) is 6.20. The fraction of sp³-hybridized carbons (Fsp3) is 0.500. The Morgan fingerprint density at radius 2 is 1.58 bits per heavy atom. The van der Waals surface area contributed by atoms with E-state index in [1.165, 1.54) is 14.2 Å². The van der Waals surface area contributed by atoms with Crippen LogP contribution >= 0.6 is 0 Å². The standard InChI is InChI=1S/C13H15NO4.C5H9NO2/c1-17-11(15)13(7-8-13)14-12(16)18-9-10-5-3-2-4-6-10;1-8-4(7)5(6)2-3-5/h2-6H,7-9H2,1H3,(H,14,16);2-3,6H2,1H3. The van der Waals surface area contributed by atoms with E-state index in [1.807, 2.05) is 30.3 Å². The zero-order valence-electron chi connectivity index (χ0n) is 14.9. The fourth-order valence-electron chi connectivity index (χ4n) is 2.20. The van der Waals surface area contributed by atoms with E-state index in [4.69, 9.17) is 10.5 Å². The Labute approximate surface area is 152 Å². The first-order valence-electron chi connectivity index (χ1n) is 8.30. The lowest BCUT2D eigenvalue weighted by Gasteiger charge is -2.14. The first kappa shape index (κ1) is 19.7. The van der Waals surface area contributed by atoms with Crippen LogP contribution < -0.4 is 11.1 Å². The molecule has 0 heterocycles. The number of nitrogens with two attached hydrogens (primary N) is 1. The topological polar surface area (TPSA) is 117 Å². The van der Waals surface area contributed by atoms with Gasteiger partial charge in [-0.25, -0.2) is 9.59 Å². The first-order valence-corrected chi connectivity index (χ1v) is 8.30. The van der Waals surface area contributed by atoms with E-state index in [0.29, 0.717) is 12.8 Å². The van der Waals surface area contributed by atoms with Crippen molar-refractivity contribution in [2.24, 2.45) is 5.73 Å². The van der Waals surface area contributed by atoms with Crippen molar-refractivity contribution in [3.63, 3.8) is 0 Å². The van der Waals surface area contributed by atoms with E-state index in [2.05, 4.69) is 14.8 Å². The van der Waals surface area contributed by atoms with Gasteiger partial charge in [0.25, 0.3) is 0 Å². The number of alkyl carbamates (subject to hydrolysis) is 1. The van der Waals surface area contributed by atoms with E-state index in [-0.39, 0.29) is 12.6 Å². The molecule has 0 bridgehead atoms. The monoisotopic (exact) mass is 364 g/mol. The number of carbonyl (C=O) groups is 3. The molecule has 0 aliphatic heterocycles. The molecule has 0 spiro atoms. The normalized spacial score (nSPS) is 17.7. The van der Waals surface area contributed by atoms with Gasteiger partial charge in [0.05, 0.1) is 14.2 Å². The Hall–Kier alpha value is -2.61. The highest BCUT2D eigenvalue weighted by molar-refractivity contribution is 5.88. The van der Waals surface area contributed by atoms with E-state index >= 15 is 0 Å². The van der Waals surface area contributed by atoms with Crippen LogP contribution in [0.15, 0.2) is 30.3 Å². The molecule has 3 rings (SSSR count). The summed E-state index contributed by atoms with van der Waals surface area (Å²) >= 11 is 0. The average Bonchev–Trinajstić information content (AvgIpc) is 3.59. The predicted molar refractivity (Wildman–Crippen MR) is 91.9 cm³/mol. The number of hydrogen-bond acceptors (Lipinski definition) is 7. The third kappa shape index (κ3) is 5.19. The van der Waals surface area contributed by atoms with Crippen molar-refractivity contribution in [1.82, 2.24) is 5.32 Å². The van der Waals surface area contributed by atoms with Crippen molar-refractivity contribution in [1.29, 1.82) is 0 Å². The van der Waals surface area contributed by atoms with E-state index in [9.17, 15) is 14.4 Å². The molecule has 2 aliphatic rings. The molecule has 0 saturated heterocycles. The Morgan fingerprint density at radius 1 is 1.00 bits per heavy atom. The number of esters is 2. The number of ether oxygens (including phenoxy) is 3. The smallest absolute Gasteiger partial charge is 0.408 e. The summed E-state index contributed by atoms with van der Waals surface area (Å²) in [7, 11) is 2.66. The first-order chi connectivity index (χ1) is 12.3. The molecule has 1 aromatic rings. The van der Waals surface area contributed by atoms with Crippen molar-refractivity contribution in [2.75, 3.05) is 14.2 Å². The number of benzene rings is 1. The van der Waals surface area contributed by atoms with Gasteiger partial charge in [-0.2, -0.15) is 0 Å². The third-order valence-corrected chi connectivity index (χ3v) is 4.26. The summed E-state index contributed by atoms with van der Waals surface area (Å²) in [5.74, 6) is -0.698. The van der Waals surface area contributed by atoms with Crippen LogP contribution in [-0.4, -0.2) is 43.3 Å². The molecule has 1 aromatic carbocycles. The highest BCUT2D eigenvalue weighted by Crippen LogP contribution is 2.36. The minimum absolute atomic E-state index is 0.184. The molecule has 26 heavy (non-hydrogen) atoms. The Bertz CT molecular complexity index is 653. The molecule has 1 amide bonds. The summed E-state index contributed by atoms with van der Waals surface area (Å²) in [6.07, 6.45) is 2.15. The Balaban J connectivity index is 0.000000254. The summed E-state index contributed by atoms with van der Waals surface area (Å²) in [6.45, 7) is 0.184. The van der Waals surface area contributed by atoms with Gasteiger partial charge in [0.2, 0.25) is 0 Å². The lowest BCUT2D eigenvalue weighted by molar-refractivity contribution is -0.144. The third-order valence-electron chi connectivity index (χ3n) is 4.26. The molecular formula is C18H24N2O6. The SMILES string of the molecule is COC(=O)C1(N)CC1.COC(=O)C1(NC(=O)OCc2ccccc2)CC1. The van der Waals surface area contributed by atoms with Gasteiger partial charge in [-0.3, -0.25) is 4.79 Å². The zero-order chi connectivity index (χ0) is 19.2. The summed E-state index contributed by atoms with van der Waals surface area (Å²) < 4.78 is 14.1. The number of hydrogen-bond donors (Lipinski definition) is 2. The molecule has 2 saturated carbocycles. The van der Waals surface area contributed by atoms with Crippen LogP contribution in [0.4, 0.5) is 4.79 Å². The fourth-order valence-corrected chi connectivity index (χ4v) is 2.20. The number of nitrogens with one attached hydrogen (secondary N) is 1. The molecule has 0 unspecified atom stereocenters.